The predicted molar refractivity (Wildman–Crippen MR) is 78.6 cm³/mol. The Morgan fingerprint density at radius 3 is 2.95 bits per heavy atom. The normalized spacial score (nSPS) is 22.3. The van der Waals surface area contributed by atoms with Gasteiger partial charge in [-0.15, -0.1) is 0 Å². The summed E-state index contributed by atoms with van der Waals surface area (Å²) in [6, 6.07) is 7.64. The van der Waals surface area contributed by atoms with Crippen molar-refractivity contribution in [1.82, 2.24) is 9.88 Å². The van der Waals surface area contributed by atoms with Crippen LogP contribution in [0.1, 0.15) is 23.8 Å². The van der Waals surface area contributed by atoms with Crippen LogP contribution in [0.4, 0.5) is 5.69 Å². The van der Waals surface area contributed by atoms with E-state index in [4.69, 9.17) is 10.5 Å². The summed E-state index contributed by atoms with van der Waals surface area (Å²) in [5.74, 6) is -0.0250. The number of ether oxygens (including phenoxy) is 1. The molecule has 1 fully saturated rings. The molecule has 0 bridgehead atoms. The molecule has 2 unspecified atom stereocenters. The molecule has 2 atom stereocenters. The van der Waals surface area contributed by atoms with Gasteiger partial charge in [0.1, 0.15) is 5.69 Å². The number of nitrogens with zero attached hydrogens (tertiary/aromatic N) is 1. The first-order valence-corrected chi connectivity index (χ1v) is 6.84. The molecule has 1 saturated heterocycles. The van der Waals surface area contributed by atoms with Crippen molar-refractivity contribution >= 4 is 22.5 Å². The van der Waals surface area contributed by atoms with E-state index >= 15 is 0 Å². The maximum atomic E-state index is 12.6. The highest BCUT2D eigenvalue weighted by Crippen LogP contribution is 2.24. The zero-order chi connectivity index (χ0) is 14.3. The Balaban J connectivity index is 1.90. The molecule has 3 N–H and O–H groups in total. The molecule has 2 heterocycles. The molecule has 5 heteroatoms. The third-order valence-corrected chi connectivity index (χ3v) is 4.07. The van der Waals surface area contributed by atoms with Gasteiger partial charge in [-0.2, -0.15) is 0 Å². The lowest BCUT2D eigenvalue weighted by Crippen LogP contribution is -2.41. The van der Waals surface area contributed by atoms with Crippen molar-refractivity contribution in [1.29, 1.82) is 0 Å². The molecule has 1 aliphatic heterocycles. The zero-order valence-electron chi connectivity index (χ0n) is 11.7. The molecule has 0 aliphatic carbocycles. The molecular weight excluding hydrogens is 254 g/mol. The first-order valence-electron chi connectivity index (χ1n) is 6.84. The van der Waals surface area contributed by atoms with E-state index in [9.17, 15) is 4.79 Å². The van der Waals surface area contributed by atoms with Crippen LogP contribution in [-0.2, 0) is 4.74 Å². The van der Waals surface area contributed by atoms with Crippen LogP contribution in [0.5, 0.6) is 0 Å². The second kappa shape index (κ2) is 4.83. The molecule has 106 valence electrons. The van der Waals surface area contributed by atoms with Crippen molar-refractivity contribution in [3.63, 3.8) is 0 Å². The Labute approximate surface area is 117 Å². The van der Waals surface area contributed by atoms with Gasteiger partial charge in [-0.1, -0.05) is 12.1 Å². The maximum Gasteiger partial charge on any atom is 0.270 e. The molecule has 2 aromatic rings. The Bertz CT molecular complexity index is 650. The van der Waals surface area contributed by atoms with Crippen molar-refractivity contribution in [2.75, 3.05) is 19.4 Å². The SMILES string of the molecule is CC1OCCC1N(C)C(=O)c1cc2cccc(N)c2[nH]1. The van der Waals surface area contributed by atoms with E-state index in [0.717, 1.165) is 17.3 Å². The fourth-order valence-corrected chi connectivity index (χ4v) is 2.86. The number of aromatic amines is 1. The summed E-state index contributed by atoms with van der Waals surface area (Å²) in [5.41, 5.74) is 7.96. The van der Waals surface area contributed by atoms with E-state index in [2.05, 4.69) is 4.98 Å². The fraction of sp³-hybridized carbons (Fsp3) is 0.400. The highest BCUT2D eigenvalue weighted by atomic mass is 16.5. The van der Waals surface area contributed by atoms with Crippen LogP contribution in [-0.4, -0.2) is 41.6 Å². The molecule has 1 aromatic carbocycles. The molecule has 0 radical (unpaired) electrons. The number of amides is 1. The summed E-state index contributed by atoms with van der Waals surface area (Å²) in [6.07, 6.45) is 0.963. The van der Waals surface area contributed by atoms with Gasteiger partial charge in [-0.3, -0.25) is 4.79 Å². The van der Waals surface area contributed by atoms with Crippen LogP contribution < -0.4 is 5.73 Å². The van der Waals surface area contributed by atoms with Crippen LogP contribution in [0.15, 0.2) is 24.3 Å². The van der Waals surface area contributed by atoms with E-state index in [-0.39, 0.29) is 18.1 Å². The number of benzene rings is 1. The second-order valence-corrected chi connectivity index (χ2v) is 5.34. The van der Waals surface area contributed by atoms with Gasteiger partial charge >= 0.3 is 0 Å². The molecule has 1 aromatic heterocycles. The van der Waals surface area contributed by atoms with E-state index in [1.165, 1.54) is 0 Å². The van der Waals surface area contributed by atoms with Gasteiger partial charge in [0, 0.05) is 19.0 Å². The molecule has 5 nitrogen and oxygen atoms in total. The topological polar surface area (TPSA) is 71.3 Å². The average molecular weight is 273 g/mol. The Kier molecular flexibility index (Phi) is 3.14. The van der Waals surface area contributed by atoms with Gasteiger partial charge < -0.3 is 20.4 Å². The van der Waals surface area contributed by atoms with Gasteiger partial charge in [-0.05, 0) is 25.5 Å². The van der Waals surface area contributed by atoms with Gasteiger partial charge in [-0.25, -0.2) is 0 Å². The molecule has 0 saturated carbocycles. The number of aromatic nitrogens is 1. The van der Waals surface area contributed by atoms with E-state index in [1.807, 2.05) is 38.2 Å². The number of hydrogen-bond acceptors (Lipinski definition) is 3. The predicted octanol–water partition coefficient (Wildman–Crippen LogP) is 2.00. The van der Waals surface area contributed by atoms with E-state index < -0.39 is 0 Å². The van der Waals surface area contributed by atoms with Crippen LogP contribution in [0.25, 0.3) is 10.9 Å². The van der Waals surface area contributed by atoms with Gasteiger partial charge in [0.2, 0.25) is 0 Å². The number of H-pyrrole nitrogens is 1. The zero-order valence-corrected chi connectivity index (χ0v) is 11.7. The highest BCUT2D eigenvalue weighted by molar-refractivity contribution is 6.00. The third kappa shape index (κ3) is 2.04. The van der Waals surface area contributed by atoms with Crippen LogP contribution in [0, 0.1) is 0 Å². The van der Waals surface area contributed by atoms with Crippen LogP contribution in [0.2, 0.25) is 0 Å². The summed E-state index contributed by atoms with van der Waals surface area (Å²) in [6.45, 7) is 2.72. The standard InChI is InChI=1S/C15H19N3O2/c1-9-13(6-7-20-9)18(2)15(19)12-8-10-4-3-5-11(16)14(10)17-12/h3-5,8-9,13,17H,6-7,16H2,1-2H3. The molecular formula is C15H19N3O2. The highest BCUT2D eigenvalue weighted by Gasteiger charge is 2.31. The molecule has 1 aliphatic rings. The van der Waals surface area contributed by atoms with Crippen molar-refractivity contribution in [3.8, 4) is 0 Å². The number of nitrogen functional groups attached to an aromatic ring is 1. The summed E-state index contributed by atoms with van der Waals surface area (Å²) in [4.78, 5) is 17.4. The number of para-hydroxylation sites is 1. The number of fused-ring (bicyclic) bond motifs is 1. The Morgan fingerprint density at radius 1 is 1.50 bits per heavy atom. The lowest BCUT2D eigenvalue weighted by molar-refractivity contribution is 0.0570. The summed E-state index contributed by atoms with van der Waals surface area (Å²) in [7, 11) is 1.83. The minimum absolute atomic E-state index is 0.0250. The number of carbonyl (C=O) groups is 1. The number of rotatable bonds is 2. The number of carbonyl (C=O) groups excluding carboxylic acids is 1. The quantitative estimate of drug-likeness (QED) is 0.822. The number of anilines is 1. The largest absolute Gasteiger partial charge is 0.397 e. The monoisotopic (exact) mass is 273 g/mol. The number of hydrogen-bond donors (Lipinski definition) is 2. The minimum Gasteiger partial charge on any atom is -0.397 e. The smallest absolute Gasteiger partial charge is 0.270 e. The summed E-state index contributed by atoms with van der Waals surface area (Å²) in [5, 5.41) is 0.956. The van der Waals surface area contributed by atoms with Crippen LogP contribution >= 0.6 is 0 Å². The van der Waals surface area contributed by atoms with Crippen LogP contribution in [0.3, 0.4) is 0 Å². The molecule has 3 rings (SSSR count). The first kappa shape index (κ1) is 13.0. The summed E-state index contributed by atoms with van der Waals surface area (Å²) < 4.78 is 5.53. The number of nitrogens with one attached hydrogen (secondary N) is 1. The second-order valence-electron chi connectivity index (χ2n) is 5.34. The van der Waals surface area contributed by atoms with E-state index in [1.54, 1.807) is 4.90 Å². The fourth-order valence-electron chi connectivity index (χ4n) is 2.86. The first-order chi connectivity index (χ1) is 9.58. The number of nitrogens with two attached hydrogens (primary N) is 1. The van der Waals surface area contributed by atoms with E-state index in [0.29, 0.717) is 18.0 Å². The summed E-state index contributed by atoms with van der Waals surface area (Å²) >= 11 is 0. The molecule has 20 heavy (non-hydrogen) atoms. The van der Waals surface area contributed by atoms with Gasteiger partial charge in [0.15, 0.2) is 0 Å². The number of likely N-dealkylation sites (N-methyl/N-ethyl adjacent to an activating group) is 1. The Hall–Kier alpha value is -2.01. The molecule has 1 amide bonds. The lowest BCUT2D eigenvalue weighted by Gasteiger charge is -2.26. The third-order valence-electron chi connectivity index (χ3n) is 4.07. The lowest BCUT2D eigenvalue weighted by atomic mass is 10.1. The van der Waals surface area contributed by atoms with Crippen molar-refractivity contribution in [2.24, 2.45) is 0 Å². The van der Waals surface area contributed by atoms with Gasteiger partial charge in [0.25, 0.3) is 5.91 Å². The van der Waals surface area contributed by atoms with Crippen molar-refractivity contribution in [3.05, 3.63) is 30.0 Å². The average Bonchev–Trinajstić information content (AvgIpc) is 3.04. The molecule has 0 spiro atoms. The maximum absolute atomic E-state index is 12.6. The minimum atomic E-state index is -0.0250. The van der Waals surface area contributed by atoms with Gasteiger partial charge in [0.05, 0.1) is 23.3 Å². The van der Waals surface area contributed by atoms with Crippen molar-refractivity contribution in [2.45, 2.75) is 25.5 Å². The van der Waals surface area contributed by atoms with Crippen molar-refractivity contribution < 1.29 is 9.53 Å². The Morgan fingerprint density at radius 2 is 2.30 bits per heavy atom.